The van der Waals surface area contributed by atoms with Crippen LogP contribution in [0.4, 0.5) is 13.2 Å². The predicted molar refractivity (Wildman–Crippen MR) is 74.7 cm³/mol. The SMILES string of the molecule is CCNC1CCC(C(C)C)CC1OCCCC(F)(F)F. The van der Waals surface area contributed by atoms with Gasteiger partial charge in [-0.1, -0.05) is 20.8 Å². The van der Waals surface area contributed by atoms with Crippen LogP contribution in [0.3, 0.4) is 0 Å². The Hall–Kier alpha value is -0.290. The number of alkyl halides is 3. The molecule has 0 heterocycles. The molecule has 1 rings (SSSR count). The lowest BCUT2D eigenvalue weighted by molar-refractivity contribution is -0.139. The molecule has 0 aromatic carbocycles. The number of nitrogens with one attached hydrogen (secondary N) is 1. The van der Waals surface area contributed by atoms with Crippen LogP contribution < -0.4 is 5.32 Å². The standard InChI is InChI=1S/C15H28F3NO/c1-4-19-13-7-6-12(11(2)3)10-14(13)20-9-5-8-15(16,17)18/h11-14,19H,4-10H2,1-3H3. The third-order valence-corrected chi connectivity index (χ3v) is 4.18. The van der Waals surface area contributed by atoms with E-state index >= 15 is 0 Å². The Balaban J connectivity index is 2.39. The van der Waals surface area contributed by atoms with Crippen LogP contribution in [0.25, 0.3) is 0 Å². The van der Waals surface area contributed by atoms with Gasteiger partial charge in [0.2, 0.25) is 0 Å². The number of hydrogen-bond acceptors (Lipinski definition) is 2. The van der Waals surface area contributed by atoms with Crippen LogP contribution in [0.15, 0.2) is 0 Å². The molecule has 3 atom stereocenters. The fourth-order valence-corrected chi connectivity index (χ4v) is 2.95. The van der Waals surface area contributed by atoms with Gasteiger partial charge in [-0.15, -0.1) is 0 Å². The number of hydrogen-bond donors (Lipinski definition) is 1. The predicted octanol–water partition coefficient (Wildman–Crippen LogP) is 4.15. The largest absolute Gasteiger partial charge is 0.389 e. The molecule has 0 amide bonds. The van der Waals surface area contributed by atoms with E-state index in [1.165, 1.54) is 6.42 Å². The summed E-state index contributed by atoms with van der Waals surface area (Å²) in [5.74, 6) is 1.23. The summed E-state index contributed by atoms with van der Waals surface area (Å²) in [4.78, 5) is 0. The van der Waals surface area contributed by atoms with Crippen LogP contribution in [0.5, 0.6) is 0 Å². The van der Waals surface area contributed by atoms with Gasteiger partial charge in [-0.05, 0) is 44.1 Å². The second-order valence-corrected chi connectivity index (χ2v) is 6.11. The summed E-state index contributed by atoms with van der Waals surface area (Å²) < 4.78 is 42.1. The lowest BCUT2D eigenvalue weighted by atomic mass is 9.78. The lowest BCUT2D eigenvalue weighted by Gasteiger charge is -2.38. The van der Waals surface area contributed by atoms with Crippen molar-refractivity contribution >= 4 is 0 Å². The molecule has 1 N–H and O–H groups in total. The number of likely N-dealkylation sites (N-methyl/N-ethyl adjacent to an activating group) is 1. The maximum absolute atomic E-state index is 12.1. The highest BCUT2D eigenvalue weighted by Crippen LogP contribution is 2.32. The van der Waals surface area contributed by atoms with E-state index in [-0.39, 0.29) is 19.1 Å². The minimum Gasteiger partial charge on any atom is -0.377 e. The van der Waals surface area contributed by atoms with Crippen molar-refractivity contribution in [2.24, 2.45) is 11.8 Å². The van der Waals surface area contributed by atoms with Crippen molar-refractivity contribution in [2.75, 3.05) is 13.2 Å². The van der Waals surface area contributed by atoms with Gasteiger partial charge in [0.05, 0.1) is 6.10 Å². The van der Waals surface area contributed by atoms with E-state index in [9.17, 15) is 13.2 Å². The van der Waals surface area contributed by atoms with Crippen LogP contribution in [-0.4, -0.2) is 31.5 Å². The molecule has 0 radical (unpaired) electrons. The van der Waals surface area contributed by atoms with Gasteiger partial charge in [-0.2, -0.15) is 13.2 Å². The molecule has 0 spiro atoms. The maximum atomic E-state index is 12.1. The van der Waals surface area contributed by atoms with Crippen molar-refractivity contribution in [3.05, 3.63) is 0 Å². The lowest BCUT2D eigenvalue weighted by Crippen LogP contribution is -2.46. The van der Waals surface area contributed by atoms with Gasteiger partial charge in [0.25, 0.3) is 0 Å². The Bertz CT molecular complexity index is 268. The molecule has 2 nitrogen and oxygen atoms in total. The first kappa shape index (κ1) is 17.8. The van der Waals surface area contributed by atoms with Crippen molar-refractivity contribution < 1.29 is 17.9 Å². The Morgan fingerprint density at radius 1 is 1.25 bits per heavy atom. The molecule has 20 heavy (non-hydrogen) atoms. The van der Waals surface area contributed by atoms with Gasteiger partial charge in [0.1, 0.15) is 0 Å². The molecule has 1 fully saturated rings. The van der Waals surface area contributed by atoms with Gasteiger partial charge >= 0.3 is 6.18 Å². The van der Waals surface area contributed by atoms with E-state index in [2.05, 4.69) is 26.1 Å². The van der Waals surface area contributed by atoms with Crippen molar-refractivity contribution in [3.63, 3.8) is 0 Å². The average molecular weight is 295 g/mol. The molecule has 0 aromatic rings. The molecule has 120 valence electrons. The van der Waals surface area contributed by atoms with Crippen LogP contribution in [0, 0.1) is 11.8 Å². The van der Waals surface area contributed by atoms with Crippen LogP contribution >= 0.6 is 0 Å². The third-order valence-electron chi connectivity index (χ3n) is 4.18. The van der Waals surface area contributed by atoms with Crippen molar-refractivity contribution in [1.29, 1.82) is 0 Å². The summed E-state index contributed by atoms with van der Waals surface area (Å²) in [6.45, 7) is 7.55. The first-order valence-electron chi connectivity index (χ1n) is 7.75. The number of ether oxygens (including phenoxy) is 1. The zero-order valence-electron chi connectivity index (χ0n) is 12.8. The Labute approximate surface area is 120 Å². The quantitative estimate of drug-likeness (QED) is 0.712. The van der Waals surface area contributed by atoms with E-state index in [1.807, 2.05) is 0 Å². The smallest absolute Gasteiger partial charge is 0.377 e. The van der Waals surface area contributed by atoms with Crippen LogP contribution in [0.2, 0.25) is 0 Å². The minimum atomic E-state index is -4.07. The molecule has 0 bridgehead atoms. The number of halogens is 3. The van der Waals surface area contributed by atoms with Crippen LogP contribution in [0.1, 0.15) is 52.9 Å². The van der Waals surface area contributed by atoms with Crippen LogP contribution in [-0.2, 0) is 4.74 Å². The molecule has 0 aliphatic heterocycles. The first-order chi connectivity index (χ1) is 9.33. The van der Waals surface area contributed by atoms with Gasteiger partial charge in [-0.25, -0.2) is 0 Å². The van der Waals surface area contributed by atoms with E-state index < -0.39 is 12.6 Å². The summed E-state index contributed by atoms with van der Waals surface area (Å²) in [5.41, 5.74) is 0. The van der Waals surface area contributed by atoms with Crippen molar-refractivity contribution in [1.82, 2.24) is 5.32 Å². The fraction of sp³-hybridized carbons (Fsp3) is 1.00. The van der Waals surface area contributed by atoms with E-state index in [1.54, 1.807) is 0 Å². The molecular formula is C15H28F3NO. The molecule has 3 unspecified atom stereocenters. The second-order valence-electron chi connectivity index (χ2n) is 6.11. The van der Waals surface area contributed by atoms with E-state index in [4.69, 9.17) is 4.74 Å². The average Bonchev–Trinajstić information content (AvgIpc) is 2.35. The van der Waals surface area contributed by atoms with Gasteiger partial charge in [0.15, 0.2) is 0 Å². The molecule has 1 aliphatic carbocycles. The molecule has 1 saturated carbocycles. The maximum Gasteiger partial charge on any atom is 0.389 e. The van der Waals surface area contributed by atoms with Crippen molar-refractivity contribution in [2.45, 2.75) is 71.2 Å². The normalized spacial score (nSPS) is 28.1. The Morgan fingerprint density at radius 2 is 1.95 bits per heavy atom. The Kier molecular flexibility index (Phi) is 7.30. The second kappa shape index (κ2) is 8.23. The minimum absolute atomic E-state index is 0.0596. The highest BCUT2D eigenvalue weighted by Gasteiger charge is 2.32. The summed E-state index contributed by atoms with van der Waals surface area (Å²) in [6, 6.07) is 0.292. The van der Waals surface area contributed by atoms with Gasteiger partial charge < -0.3 is 10.1 Å². The van der Waals surface area contributed by atoms with E-state index in [0.29, 0.717) is 17.9 Å². The topological polar surface area (TPSA) is 21.3 Å². The monoisotopic (exact) mass is 295 g/mol. The Morgan fingerprint density at radius 3 is 2.50 bits per heavy atom. The molecule has 1 aliphatic rings. The zero-order valence-corrected chi connectivity index (χ0v) is 12.8. The van der Waals surface area contributed by atoms with Crippen molar-refractivity contribution in [3.8, 4) is 0 Å². The third kappa shape index (κ3) is 6.44. The summed E-state index contributed by atoms with van der Waals surface area (Å²) in [7, 11) is 0. The van der Waals surface area contributed by atoms with Gasteiger partial charge in [0, 0.05) is 19.1 Å². The fourth-order valence-electron chi connectivity index (χ4n) is 2.95. The summed E-state index contributed by atoms with van der Waals surface area (Å²) >= 11 is 0. The summed E-state index contributed by atoms with van der Waals surface area (Å²) in [5, 5.41) is 3.40. The zero-order chi connectivity index (χ0) is 15.2. The highest BCUT2D eigenvalue weighted by molar-refractivity contribution is 4.86. The molecular weight excluding hydrogens is 267 g/mol. The molecule has 5 heteroatoms. The first-order valence-corrected chi connectivity index (χ1v) is 7.75. The highest BCUT2D eigenvalue weighted by atomic mass is 19.4. The van der Waals surface area contributed by atoms with Gasteiger partial charge in [-0.3, -0.25) is 0 Å². The number of rotatable bonds is 7. The van der Waals surface area contributed by atoms with E-state index in [0.717, 1.165) is 19.4 Å². The molecule has 0 saturated heterocycles. The summed E-state index contributed by atoms with van der Waals surface area (Å²) in [6.07, 6.45) is -1.51. The molecule has 0 aromatic heterocycles.